The van der Waals surface area contributed by atoms with Gasteiger partial charge in [0.05, 0.1) is 36.3 Å². The number of aromatic nitrogens is 4. The highest BCUT2D eigenvalue weighted by atomic mass is 16.5. The third kappa shape index (κ3) is 5.65. The van der Waals surface area contributed by atoms with Crippen molar-refractivity contribution in [3.05, 3.63) is 94.5 Å². The number of nitriles is 1. The van der Waals surface area contributed by atoms with E-state index < -0.39 is 0 Å². The van der Waals surface area contributed by atoms with Crippen LogP contribution in [-0.4, -0.2) is 44.5 Å². The molecule has 5 rings (SSSR count). The predicted molar refractivity (Wildman–Crippen MR) is 136 cm³/mol. The zero-order valence-corrected chi connectivity index (χ0v) is 19.9. The number of hydrogen-bond donors (Lipinski definition) is 0. The molecule has 8 nitrogen and oxygen atoms in total. The summed E-state index contributed by atoms with van der Waals surface area (Å²) >= 11 is 0. The number of ether oxygens (including phenoxy) is 1. The molecule has 2 aromatic carbocycles. The highest BCUT2D eigenvalue weighted by Gasteiger charge is 2.11. The lowest BCUT2D eigenvalue weighted by molar-refractivity contribution is 0.106. The molecule has 0 unspecified atom stereocenters. The summed E-state index contributed by atoms with van der Waals surface area (Å²) in [5.74, 6) is 1.23. The van der Waals surface area contributed by atoms with Gasteiger partial charge >= 0.3 is 0 Å². The summed E-state index contributed by atoms with van der Waals surface area (Å²) in [5, 5.41) is 13.7. The van der Waals surface area contributed by atoms with Crippen molar-refractivity contribution in [1.82, 2.24) is 24.6 Å². The van der Waals surface area contributed by atoms with Gasteiger partial charge in [-0.1, -0.05) is 36.8 Å². The molecule has 0 radical (unpaired) electrons. The van der Waals surface area contributed by atoms with Gasteiger partial charge in [0.1, 0.15) is 6.73 Å². The number of nitrogens with zero attached hydrogens (tertiary/aromatic N) is 6. The van der Waals surface area contributed by atoms with Gasteiger partial charge in [0.2, 0.25) is 0 Å². The van der Waals surface area contributed by atoms with E-state index in [0.717, 1.165) is 29.8 Å². The van der Waals surface area contributed by atoms with Gasteiger partial charge in [-0.3, -0.25) is 9.69 Å². The molecule has 0 N–H and O–H groups in total. The fourth-order valence-electron chi connectivity index (χ4n) is 4.24. The zero-order chi connectivity index (χ0) is 24.7. The van der Waals surface area contributed by atoms with Crippen molar-refractivity contribution >= 4 is 0 Å². The first-order chi connectivity index (χ1) is 17.7. The lowest BCUT2D eigenvalue weighted by Crippen LogP contribution is -2.33. The van der Waals surface area contributed by atoms with E-state index in [9.17, 15) is 10.1 Å². The van der Waals surface area contributed by atoms with Gasteiger partial charge in [-0.05, 0) is 42.7 Å². The number of hydrogen-bond acceptors (Lipinski definition) is 7. The molecule has 4 aromatic rings. The fourth-order valence-corrected chi connectivity index (χ4v) is 4.24. The highest BCUT2D eigenvalue weighted by molar-refractivity contribution is 5.60. The van der Waals surface area contributed by atoms with Crippen LogP contribution in [0.5, 0.6) is 5.75 Å². The van der Waals surface area contributed by atoms with Gasteiger partial charge in [0, 0.05) is 30.3 Å². The van der Waals surface area contributed by atoms with Crippen molar-refractivity contribution in [2.24, 2.45) is 0 Å². The summed E-state index contributed by atoms with van der Waals surface area (Å²) in [5.41, 5.74) is 3.51. The van der Waals surface area contributed by atoms with Crippen LogP contribution < -0.4 is 10.3 Å². The average molecular weight is 479 g/mol. The van der Waals surface area contributed by atoms with E-state index in [2.05, 4.69) is 26.0 Å². The van der Waals surface area contributed by atoms with Gasteiger partial charge in [0.15, 0.2) is 11.6 Å². The van der Waals surface area contributed by atoms with Crippen LogP contribution in [0.2, 0.25) is 0 Å². The summed E-state index contributed by atoms with van der Waals surface area (Å²) in [6.07, 6.45) is 7.12. The number of rotatable bonds is 7. The second-order valence-electron chi connectivity index (χ2n) is 8.80. The second-order valence-corrected chi connectivity index (χ2v) is 8.80. The molecule has 1 aliphatic heterocycles. The minimum atomic E-state index is -0.202. The molecule has 0 atom stereocenters. The summed E-state index contributed by atoms with van der Waals surface area (Å²) < 4.78 is 7.27. The molecule has 3 heterocycles. The van der Waals surface area contributed by atoms with Crippen LogP contribution in [0, 0.1) is 11.3 Å². The molecule has 0 aliphatic carbocycles. The van der Waals surface area contributed by atoms with Gasteiger partial charge in [-0.15, -0.1) is 0 Å². The minimum Gasteiger partial charge on any atom is -0.475 e. The van der Waals surface area contributed by atoms with Crippen LogP contribution in [0.1, 0.15) is 30.4 Å². The second kappa shape index (κ2) is 10.9. The Balaban J connectivity index is 1.30. The molecular formula is C28H26N6O2. The lowest BCUT2D eigenvalue weighted by atomic mass is 10.1. The first kappa shape index (κ1) is 23.4. The van der Waals surface area contributed by atoms with E-state index >= 15 is 0 Å². The van der Waals surface area contributed by atoms with Crippen LogP contribution in [0.4, 0.5) is 0 Å². The van der Waals surface area contributed by atoms with Crippen LogP contribution in [0.25, 0.3) is 22.6 Å². The van der Waals surface area contributed by atoms with Gasteiger partial charge in [-0.2, -0.15) is 10.4 Å². The Labute approximate surface area is 209 Å². The van der Waals surface area contributed by atoms with E-state index in [1.165, 1.54) is 30.0 Å². The van der Waals surface area contributed by atoms with E-state index in [-0.39, 0.29) is 5.56 Å². The van der Waals surface area contributed by atoms with Gasteiger partial charge in [-0.25, -0.2) is 14.6 Å². The highest BCUT2D eigenvalue weighted by Crippen LogP contribution is 2.20. The molecule has 0 saturated carbocycles. The Morgan fingerprint density at radius 1 is 0.917 bits per heavy atom. The Hall–Kier alpha value is -4.35. The van der Waals surface area contributed by atoms with Crippen LogP contribution >= 0.6 is 0 Å². The number of likely N-dealkylation sites (tertiary alicyclic amines) is 1. The van der Waals surface area contributed by atoms with Crippen molar-refractivity contribution in [2.75, 3.05) is 19.8 Å². The van der Waals surface area contributed by atoms with Crippen LogP contribution in [0.3, 0.4) is 0 Å². The molecule has 1 fully saturated rings. The molecule has 36 heavy (non-hydrogen) atoms. The van der Waals surface area contributed by atoms with Crippen molar-refractivity contribution in [1.29, 1.82) is 5.26 Å². The lowest BCUT2D eigenvalue weighted by Gasteiger charge is -2.25. The summed E-state index contributed by atoms with van der Waals surface area (Å²) in [6, 6.07) is 20.2. The van der Waals surface area contributed by atoms with Crippen LogP contribution in [-0.2, 0) is 6.54 Å². The largest absolute Gasteiger partial charge is 0.475 e. The summed E-state index contributed by atoms with van der Waals surface area (Å²) in [6.45, 7) is 2.99. The van der Waals surface area contributed by atoms with Crippen molar-refractivity contribution in [2.45, 2.75) is 25.8 Å². The molecule has 0 bridgehead atoms. The summed E-state index contributed by atoms with van der Waals surface area (Å²) in [4.78, 5) is 23.8. The Morgan fingerprint density at radius 2 is 1.69 bits per heavy atom. The van der Waals surface area contributed by atoms with Gasteiger partial charge < -0.3 is 4.74 Å². The third-order valence-corrected chi connectivity index (χ3v) is 6.16. The van der Waals surface area contributed by atoms with Crippen molar-refractivity contribution in [3.8, 4) is 34.5 Å². The third-order valence-electron chi connectivity index (χ3n) is 6.16. The standard InChI is InChI=1S/C28H26N6O2/c29-16-21-6-4-8-23(14-21)26-10-11-27(35)34(32-26)19-22-7-5-9-24(15-22)28-30-17-25(18-31-28)36-20-33-12-2-1-3-13-33/h4-11,14-15,17-18H,1-3,12-13,19-20H2. The van der Waals surface area contributed by atoms with Gasteiger partial charge in [0.25, 0.3) is 5.56 Å². The van der Waals surface area contributed by atoms with Crippen LogP contribution in [0.15, 0.2) is 77.9 Å². The monoisotopic (exact) mass is 478 g/mol. The van der Waals surface area contributed by atoms with Crippen molar-refractivity contribution < 1.29 is 4.74 Å². The van der Waals surface area contributed by atoms with E-state index in [4.69, 9.17) is 4.74 Å². The Bertz CT molecular complexity index is 1440. The molecule has 1 aliphatic rings. The predicted octanol–water partition coefficient (Wildman–Crippen LogP) is 4.11. The summed E-state index contributed by atoms with van der Waals surface area (Å²) in [7, 11) is 0. The quantitative estimate of drug-likeness (QED) is 0.394. The minimum absolute atomic E-state index is 0.202. The topological polar surface area (TPSA) is 96.9 Å². The number of benzene rings is 2. The molecule has 0 spiro atoms. The van der Waals surface area contributed by atoms with E-state index in [1.54, 1.807) is 36.7 Å². The molecular weight excluding hydrogens is 452 g/mol. The number of piperidine rings is 1. The normalized spacial score (nSPS) is 13.8. The zero-order valence-electron chi connectivity index (χ0n) is 19.9. The fraction of sp³-hybridized carbons (Fsp3) is 0.250. The smallest absolute Gasteiger partial charge is 0.267 e. The SMILES string of the molecule is N#Cc1cccc(-c2ccc(=O)n(Cc3cccc(-c4ncc(OCN5CCCCC5)cn4)c3)n2)c1. The van der Waals surface area contributed by atoms with E-state index in [0.29, 0.717) is 36.1 Å². The molecule has 2 aromatic heterocycles. The molecule has 8 heteroatoms. The first-order valence-electron chi connectivity index (χ1n) is 12.0. The molecule has 1 saturated heterocycles. The Kier molecular flexibility index (Phi) is 7.10. The maximum absolute atomic E-state index is 12.5. The maximum Gasteiger partial charge on any atom is 0.267 e. The first-order valence-corrected chi connectivity index (χ1v) is 12.0. The van der Waals surface area contributed by atoms with Crippen molar-refractivity contribution in [3.63, 3.8) is 0 Å². The molecule has 180 valence electrons. The Morgan fingerprint density at radius 3 is 2.50 bits per heavy atom. The average Bonchev–Trinajstić information content (AvgIpc) is 2.94. The maximum atomic E-state index is 12.5. The molecule has 0 amide bonds. The van der Waals surface area contributed by atoms with E-state index in [1.807, 2.05) is 30.3 Å².